The Morgan fingerprint density at radius 2 is 1.69 bits per heavy atom. The highest BCUT2D eigenvalue weighted by Crippen LogP contribution is 2.42. The number of para-hydroxylation sites is 1. The van der Waals surface area contributed by atoms with Crippen LogP contribution >= 0.6 is 11.8 Å². The molecule has 180 valence electrons. The molecule has 1 aromatic heterocycles. The van der Waals surface area contributed by atoms with Gasteiger partial charge in [0.2, 0.25) is 11.7 Å². The standard InChI is InChI=1S/C25H23FN4O4S/c1-32-20-12-17(13-21(33-2)22(20)34-3)24-28-29-25(30(24)19-10-5-4-9-18(19)26)35-14-15-7-6-8-16(11-15)23(27)31/h4-13H,14H2,1-3H3,(H2,27,31). The number of nitrogens with two attached hydrogens (primary N) is 1. The largest absolute Gasteiger partial charge is 0.493 e. The molecule has 0 aliphatic rings. The van der Waals surface area contributed by atoms with Crippen LogP contribution in [0.3, 0.4) is 0 Å². The van der Waals surface area contributed by atoms with Gasteiger partial charge in [-0.1, -0.05) is 36.0 Å². The first-order valence-electron chi connectivity index (χ1n) is 10.5. The molecule has 0 fully saturated rings. The van der Waals surface area contributed by atoms with Crippen LogP contribution < -0.4 is 19.9 Å². The zero-order chi connectivity index (χ0) is 24.9. The number of hydrogen-bond donors (Lipinski definition) is 1. The summed E-state index contributed by atoms with van der Waals surface area (Å²) in [5.41, 5.74) is 7.56. The number of carbonyl (C=O) groups is 1. The van der Waals surface area contributed by atoms with E-state index in [2.05, 4.69) is 10.2 Å². The maximum absolute atomic E-state index is 14.9. The van der Waals surface area contributed by atoms with Gasteiger partial charge < -0.3 is 19.9 Å². The van der Waals surface area contributed by atoms with Crippen molar-refractivity contribution in [3.8, 4) is 34.3 Å². The molecule has 10 heteroatoms. The highest BCUT2D eigenvalue weighted by Gasteiger charge is 2.22. The molecule has 4 aromatic rings. The summed E-state index contributed by atoms with van der Waals surface area (Å²) < 4.78 is 32.9. The van der Waals surface area contributed by atoms with Gasteiger partial charge >= 0.3 is 0 Å². The predicted octanol–water partition coefficient (Wildman–Crippen LogP) is 4.49. The van der Waals surface area contributed by atoms with E-state index in [9.17, 15) is 9.18 Å². The average Bonchev–Trinajstić information content (AvgIpc) is 3.30. The molecule has 0 unspecified atom stereocenters. The molecule has 8 nitrogen and oxygen atoms in total. The first-order chi connectivity index (χ1) is 17.0. The van der Waals surface area contributed by atoms with Crippen molar-refractivity contribution in [1.82, 2.24) is 14.8 Å². The SMILES string of the molecule is COc1cc(-c2nnc(SCc3cccc(C(N)=O)c3)n2-c2ccccc2F)cc(OC)c1OC. The molecule has 0 atom stereocenters. The van der Waals surface area contributed by atoms with Crippen LogP contribution in [0.2, 0.25) is 0 Å². The molecular formula is C25H23FN4O4S. The summed E-state index contributed by atoms with van der Waals surface area (Å²) in [5.74, 6) is 1.21. The molecule has 4 rings (SSSR count). The lowest BCUT2D eigenvalue weighted by molar-refractivity contribution is 0.1000. The number of primary amides is 1. The van der Waals surface area contributed by atoms with Gasteiger partial charge in [0.15, 0.2) is 22.5 Å². The van der Waals surface area contributed by atoms with E-state index in [4.69, 9.17) is 19.9 Å². The van der Waals surface area contributed by atoms with E-state index in [0.29, 0.717) is 45.1 Å². The molecule has 0 aliphatic carbocycles. The minimum absolute atomic E-state index is 0.287. The van der Waals surface area contributed by atoms with Crippen LogP contribution in [0.15, 0.2) is 65.8 Å². The monoisotopic (exact) mass is 494 g/mol. The van der Waals surface area contributed by atoms with Gasteiger partial charge in [-0.25, -0.2) is 4.39 Å². The number of halogens is 1. The van der Waals surface area contributed by atoms with Crippen molar-refractivity contribution >= 4 is 17.7 Å². The maximum Gasteiger partial charge on any atom is 0.248 e. The highest BCUT2D eigenvalue weighted by atomic mass is 32.2. The lowest BCUT2D eigenvalue weighted by Gasteiger charge is -2.15. The molecule has 2 N–H and O–H groups in total. The van der Waals surface area contributed by atoms with E-state index in [0.717, 1.165) is 5.56 Å². The lowest BCUT2D eigenvalue weighted by atomic mass is 10.1. The molecule has 3 aromatic carbocycles. The Morgan fingerprint density at radius 1 is 0.971 bits per heavy atom. The third kappa shape index (κ3) is 4.92. The zero-order valence-electron chi connectivity index (χ0n) is 19.3. The number of nitrogens with zero attached hydrogens (tertiary/aromatic N) is 3. The number of methoxy groups -OCH3 is 3. The highest BCUT2D eigenvalue weighted by molar-refractivity contribution is 7.98. The van der Waals surface area contributed by atoms with Gasteiger partial charge in [0.05, 0.1) is 27.0 Å². The molecule has 0 aliphatic heterocycles. The van der Waals surface area contributed by atoms with Gasteiger partial charge in [0.25, 0.3) is 0 Å². The van der Waals surface area contributed by atoms with Gasteiger partial charge in [-0.3, -0.25) is 9.36 Å². The first kappa shape index (κ1) is 24.1. The summed E-state index contributed by atoms with van der Waals surface area (Å²) in [6, 6.07) is 16.9. The van der Waals surface area contributed by atoms with E-state index in [1.165, 1.54) is 39.2 Å². The van der Waals surface area contributed by atoms with Gasteiger partial charge in [0, 0.05) is 16.9 Å². The molecular weight excluding hydrogens is 471 g/mol. The minimum atomic E-state index is -0.504. The summed E-state index contributed by atoms with van der Waals surface area (Å²) in [6.07, 6.45) is 0. The maximum atomic E-state index is 14.9. The van der Waals surface area contributed by atoms with E-state index in [-0.39, 0.29) is 5.69 Å². The fourth-order valence-corrected chi connectivity index (χ4v) is 4.46. The van der Waals surface area contributed by atoms with E-state index >= 15 is 0 Å². The topological polar surface area (TPSA) is 101 Å². The Labute approximate surface area is 205 Å². The molecule has 0 saturated heterocycles. The van der Waals surface area contributed by atoms with Crippen molar-refractivity contribution in [2.75, 3.05) is 21.3 Å². The van der Waals surface area contributed by atoms with Crippen LogP contribution in [0, 0.1) is 5.82 Å². The van der Waals surface area contributed by atoms with Crippen LogP contribution in [0.5, 0.6) is 17.2 Å². The number of thioether (sulfide) groups is 1. The zero-order valence-corrected chi connectivity index (χ0v) is 20.1. The second-order valence-electron chi connectivity index (χ2n) is 7.36. The predicted molar refractivity (Wildman–Crippen MR) is 131 cm³/mol. The van der Waals surface area contributed by atoms with Crippen LogP contribution in [0.4, 0.5) is 4.39 Å². The number of amides is 1. The Balaban J connectivity index is 1.81. The number of benzene rings is 3. The summed E-state index contributed by atoms with van der Waals surface area (Å²) >= 11 is 1.35. The molecule has 35 heavy (non-hydrogen) atoms. The minimum Gasteiger partial charge on any atom is -0.493 e. The normalized spacial score (nSPS) is 10.7. The number of ether oxygens (including phenoxy) is 3. The van der Waals surface area contributed by atoms with Crippen molar-refractivity contribution in [3.63, 3.8) is 0 Å². The summed E-state index contributed by atoms with van der Waals surface area (Å²) in [5, 5.41) is 9.17. The third-order valence-corrected chi connectivity index (χ3v) is 6.23. The summed E-state index contributed by atoms with van der Waals surface area (Å²) in [7, 11) is 4.55. The van der Waals surface area contributed by atoms with Crippen LogP contribution in [0.1, 0.15) is 15.9 Å². The number of rotatable bonds is 9. The van der Waals surface area contributed by atoms with Crippen molar-refractivity contribution in [2.24, 2.45) is 5.73 Å². The van der Waals surface area contributed by atoms with Gasteiger partial charge in [-0.15, -0.1) is 10.2 Å². The van der Waals surface area contributed by atoms with E-state index in [1.54, 1.807) is 53.1 Å². The smallest absolute Gasteiger partial charge is 0.248 e. The number of carbonyl (C=O) groups excluding carboxylic acids is 1. The van der Waals surface area contributed by atoms with Crippen LogP contribution in [0.25, 0.3) is 17.1 Å². The molecule has 0 radical (unpaired) electrons. The summed E-state index contributed by atoms with van der Waals surface area (Å²) in [6.45, 7) is 0. The number of aromatic nitrogens is 3. The second-order valence-corrected chi connectivity index (χ2v) is 8.30. The fraction of sp³-hybridized carbons (Fsp3) is 0.160. The van der Waals surface area contributed by atoms with Crippen molar-refractivity contribution in [1.29, 1.82) is 0 Å². The summed E-state index contributed by atoms with van der Waals surface area (Å²) in [4.78, 5) is 11.5. The van der Waals surface area contributed by atoms with E-state index < -0.39 is 11.7 Å². The van der Waals surface area contributed by atoms with Crippen LogP contribution in [-0.2, 0) is 5.75 Å². The Bertz CT molecular complexity index is 1350. The van der Waals surface area contributed by atoms with Gasteiger partial charge in [-0.05, 0) is 42.0 Å². The molecule has 0 spiro atoms. The van der Waals surface area contributed by atoms with Crippen molar-refractivity contribution in [3.05, 3.63) is 77.6 Å². The second kappa shape index (κ2) is 10.5. The molecule has 0 bridgehead atoms. The Kier molecular flexibility index (Phi) is 7.21. The quantitative estimate of drug-likeness (QED) is 0.342. The third-order valence-electron chi connectivity index (χ3n) is 5.23. The number of hydrogen-bond acceptors (Lipinski definition) is 7. The average molecular weight is 495 g/mol. The molecule has 1 heterocycles. The van der Waals surface area contributed by atoms with Gasteiger partial charge in [-0.2, -0.15) is 0 Å². The lowest BCUT2D eigenvalue weighted by Crippen LogP contribution is -2.10. The fourth-order valence-electron chi connectivity index (χ4n) is 3.57. The van der Waals surface area contributed by atoms with Crippen molar-refractivity contribution < 1.29 is 23.4 Å². The van der Waals surface area contributed by atoms with Crippen molar-refractivity contribution in [2.45, 2.75) is 10.9 Å². The van der Waals surface area contributed by atoms with Gasteiger partial charge in [0.1, 0.15) is 5.82 Å². The van der Waals surface area contributed by atoms with E-state index in [1.807, 2.05) is 6.07 Å². The molecule has 0 saturated carbocycles. The Morgan fingerprint density at radius 3 is 2.31 bits per heavy atom. The molecule has 1 amide bonds. The Hall–Kier alpha value is -4.05. The first-order valence-corrected chi connectivity index (χ1v) is 11.5. The van der Waals surface area contributed by atoms with Crippen LogP contribution in [-0.4, -0.2) is 42.0 Å².